The Hall–Kier alpha value is -2.34. The van der Waals surface area contributed by atoms with Gasteiger partial charge in [0.05, 0.1) is 12.9 Å². The summed E-state index contributed by atoms with van der Waals surface area (Å²) in [7, 11) is 1.74. The minimum Gasteiger partial charge on any atom is -0.394 e. The van der Waals surface area contributed by atoms with Crippen molar-refractivity contribution in [1.82, 2.24) is 19.5 Å². The minimum absolute atomic E-state index is 0.0876. The Bertz CT molecular complexity index is 1320. The van der Waals surface area contributed by atoms with Crippen LogP contribution in [-0.4, -0.2) is 75.6 Å². The van der Waals surface area contributed by atoms with Crippen molar-refractivity contribution >= 4 is 34.3 Å². The van der Waals surface area contributed by atoms with Crippen LogP contribution >= 0.6 is 11.6 Å². The van der Waals surface area contributed by atoms with Gasteiger partial charge in [-0.25, -0.2) is 4.98 Å². The quantitative estimate of drug-likeness (QED) is 0.458. The van der Waals surface area contributed by atoms with E-state index in [2.05, 4.69) is 40.0 Å². The van der Waals surface area contributed by atoms with E-state index in [0.29, 0.717) is 23.6 Å². The lowest BCUT2D eigenvalue weighted by atomic mass is 9.77. The molecule has 198 valence electrons. The Balaban J connectivity index is 1.44. The number of halogens is 1. The number of para-hydroxylation sites is 1. The highest BCUT2D eigenvalue weighted by atomic mass is 35.5. The molecule has 2 saturated heterocycles. The summed E-state index contributed by atoms with van der Waals surface area (Å²) in [5.74, 6) is -0.143. The topological polar surface area (TPSA) is 104 Å². The average Bonchev–Trinajstić information content (AvgIpc) is 3.61. The predicted molar refractivity (Wildman–Crippen MR) is 137 cm³/mol. The molecular formula is C26H32ClN5O5. The van der Waals surface area contributed by atoms with Crippen molar-refractivity contribution in [3.05, 3.63) is 41.4 Å². The van der Waals surface area contributed by atoms with Gasteiger partial charge >= 0.3 is 0 Å². The maximum atomic E-state index is 9.92. The van der Waals surface area contributed by atoms with Gasteiger partial charge < -0.3 is 29.0 Å². The van der Waals surface area contributed by atoms with Crippen molar-refractivity contribution in [2.45, 2.75) is 69.4 Å². The third kappa shape index (κ3) is 3.93. The number of anilines is 2. The van der Waals surface area contributed by atoms with Crippen LogP contribution in [0.25, 0.3) is 11.2 Å². The summed E-state index contributed by atoms with van der Waals surface area (Å²) < 4.78 is 25.7. The number of ether oxygens (including phenoxy) is 4. The first-order chi connectivity index (χ1) is 17.8. The Kier molecular flexibility index (Phi) is 6.17. The van der Waals surface area contributed by atoms with Gasteiger partial charge in [-0.2, -0.15) is 9.97 Å². The monoisotopic (exact) mass is 529 g/mol. The molecule has 1 aromatic carbocycles. The van der Waals surface area contributed by atoms with Gasteiger partial charge in [-0.05, 0) is 49.9 Å². The van der Waals surface area contributed by atoms with Crippen LogP contribution in [0.1, 0.15) is 45.4 Å². The first kappa shape index (κ1) is 25.0. The summed E-state index contributed by atoms with van der Waals surface area (Å²) >= 11 is 6.52. The number of rotatable bonds is 7. The number of nitrogens with zero attached hydrogens (tertiary/aromatic N) is 5. The average molecular weight is 530 g/mol. The van der Waals surface area contributed by atoms with E-state index in [4.69, 9.17) is 35.5 Å². The first-order valence-electron chi connectivity index (χ1n) is 12.7. The Morgan fingerprint density at radius 2 is 1.97 bits per heavy atom. The lowest BCUT2D eigenvalue weighted by Gasteiger charge is -2.29. The van der Waals surface area contributed by atoms with E-state index in [0.717, 1.165) is 25.1 Å². The van der Waals surface area contributed by atoms with Crippen LogP contribution in [0.3, 0.4) is 0 Å². The number of imidazole rings is 1. The Morgan fingerprint density at radius 1 is 1.19 bits per heavy atom. The standard InChI is InChI=1S/C26H32ClN5O5/c1-5-26(10-11-34-4)13-31(16-9-7-6-8-15(16)26)21-18-22(30-24(27)29-21)32(14-28-18)23-20-19(17(12-33)35-23)36-25(2,3)37-20/h6-9,14,17,19-20,23,33H,5,10-13H2,1-4H3. The molecule has 0 aliphatic carbocycles. The van der Waals surface area contributed by atoms with Gasteiger partial charge in [-0.3, -0.25) is 4.57 Å². The first-order valence-corrected chi connectivity index (χ1v) is 13.1. The van der Waals surface area contributed by atoms with Crippen LogP contribution in [-0.2, 0) is 24.4 Å². The summed E-state index contributed by atoms with van der Waals surface area (Å²) in [6.45, 7) is 7.13. The van der Waals surface area contributed by atoms with E-state index in [1.165, 1.54) is 5.56 Å². The smallest absolute Gasteiger partial charge is 0.226 e. The maximum Gasteiger partial charge on any atom is 0.226 e. The Labute approximate surface area is 220 Å². The summed E-state index contributed by atoms with van der Waals surface area (Å²) in [4.78, 5) is 16.1. The normalized spacial score (nSPS) is 30.3. The highest BCUT2D eigenvalue weighted by Crippen LogP contribution is 2.49. The number of fused-ring (bicyclic) bond motifs is 3. The van der Waals surface area contributed by atoms with E-state index in [9.17, 15) is 5.11 Å². The predicted octanol–water partition coefficient (Wildman–Crippen LogP) is 3.73. The van der Waals surface area contributed by atoms with E-state index >= 15 is 0 Å². The van der Waals surface area contributed by atoms with E-state index in [-0.39, 0.29) is 17.3 Å². The molecular weight excluding hydrogens is 498 g/mol. The molecule has 3 aliphatic rings. The van der Waals surface area contributed by atoms with Crippen molar-refractivity contribution in [3.8, 4) is 0 Å². The van der Waals surface area contributed by atoms with Crippen molar-refractivity contribution in [1.29, 1.82) is 0 Å². The zero-order valence-corrected chi connectivity index (χ0v) is 22.2. The van der Waals surface area contributed by atoms with Crippen molar-refractivity contribution in [2.24, 2.45) is 0 Å². The second-order valence-corrected chi connectivity index (χ2v) is 10.8. The van der Waals surface area contributed by atoms with Crippen molar-refractivity contribution < 1.29 is 24.1 Å². The van der Waals surface area contributed by atoms with Crippen LogP contribution < -0.4 is 4.90 Å². The van der Waals surface area contributed by atoms with Crippen LogP contribution in [0.15, 0.2) is 30.6 Å². The molecule has 10 nitrogen and oxygen atoms in total. The number of hydrogen-bond donors (Lipinski definition) is 1. The second kappa shape index (κ2) is 9.14. The molecule has 0 spiro atoms. The molecule has 0 saturated carbocycles. The maximum absolute atomic E-state index is 9.92. The lowest BCUT2D eigenvalue weighted by Crippen LogP contribution is -2.32. The van der Waals surface area contributed by atoms with Crippen LogP contribution in [0.2, 0.25) is 5.28 Å². The van der Waals surface area contributed by atoms with Crippen LogP contribution in [0.4, 0.5) is 11.5 Å². The molecule has 11 heteroatoms. The van der Waals surface area contributed by atoms with Gasteiger partial charge in [-0.1, -0.05) is 25.1 Å². The fraction of sp³-hybridized carbons (Fsp3) is 0.577. The second-order valence-electron chi connectivity index (χ2n) is 10.4. The zero-order valence-electron chi connectivity index (χ0n) is 21.4. The molecule has 6 rings (SSSR count). The zero-order chi connectivity index (χ0) is 25.9. The van der Waals surface area contributed by atoms with Crippen molar-refractivity contribution in [2.75, 3.05) is 31.8 Å². The molecule has 5 heterocycles. The SMILES string of the molecule is CCC1(CCOC)CN(c2nc(Cl)nc3c2ncn3C2OC(CO)C3OC(C)(C)OC32)c2ccccc21. The molecule has 0 bridgehead atoms. The fourth-order valence-electron chi connectivity index (χ4n) is 6.09. The molecule has 5 unspecified atom stereocenters. The molecule has 37 heavy (non-hydrogen) atoms. The number of aromatic nitrogens is 4. The van der Waals surface area contributed by atoms with Crippen LogP contribution in [0.5, 0.6) is 0 Å². The molecule has 2 aromatic heterocycles. The van der Waals surface area contributed by atoms with Gasteiger partial charge in [0.1, 0.15) is 18.3 Å². The van der Waals surface area contributed by atoms with Gasteiger partial charge in [-0.15, -0.1) is 0 Å². The third-order valence-electron chi connectivity index (χ3n) is 7.90. The molecule has 2 fully saturated rings. The highest BCUT2D eigenvalue weighted by Gasteiger charge is 2.56. The van der Waals surface area contributed by atoms with Gasteiger partial charge in [0.2, 0.25) is 5.28 Å². The largest absolute Gasteiger partial charge is 0.394 e. The number of aliphatic hydroxyl groups excluding tert-OH is 1. The molecule has 0 radical (unpaired) electrons. The van der Waals surface area contributed by atoms with Gasteiger partial charge in [0.15, 0.2) is 29.0 Å². The van der Waals surface area contributed by atoms with E-state index in [1.54, 1.807) is 13.4 Å². The van der Waals surface area contributed by atoms with E-state index < -0.39 is 30.3 Å². The summed E-state index contributed by atoms with van der Waals surface area (Å²) in [5, 5.41) is 10.0. The number of aliphatic hydroxyl groups is 1. The third-order valence-corrected chi connectivity index (χ3v) is 8.07. The van der Waals surface area contributed by atoms with Crippen molar-refractivity contribution in [3.63, 3.8) is 0 Å². The number of hydrogen-bond acceptors (Lipinski definition) is 9. The summed E-state index contributed by atoms with van der Waals surface area (Å²) in [6, 6.07) is 8.41. The highest BCUT2D eigenvalue weighted by molar-refractivity contribution is 6.28. The molecule has 3 aromatic rings. The number of benzene rings is 1. The van der Waals surface area contributed by atoms with Gasteiger partial charge in [0, 0.05) is 31.4 Å². The van der Waals surface area contributed by atoms with Gasteiger partial charge in [0.25, 0.3) is 0 Å². The summed E-state index contributed by atoms with van der Waals surface area (Å²) in [6.07, 6.45) is 1.56. The molecule has 3 aliphatic heterocycles. The lowest BCUT2D eigenvalue weighted by molar-refractivity contribution is -0.199. The summed E-state index contributed by atoms with van der Waals surface area (Å²) in [5.41, 5.74) is 3.41. The molecule has 0 amide bonds. The van der Waals surface area contributed by atoms with Crippen LogP contribution in [0, 0.1) is 0 Å². The van der Waals surface area contributed by atoms with E-state index in [1.807, 2.05) is 24.5 Å². The molecule has 5 atom stereocenters. The molecule has 1 N–H and O–H groups in total. The minimum atomic E-state index is -0.788. The Morgan fingerprint density at radius 3 is 2.73 bits per heavy atom. The number of methoxy groups -OCH3 is 1. The fourth-order valence-corrected chi connectivity index (χ4v) is 6.25.